The van der Waals surface area contributed by atoms with Crippen LogP contribution in [0.5, 0.6) is 0 Å². The fourth-order valence-electron chi connectivity index (χ4n) is 1.26. The van der Waals surface area contributed by atoms with Gasteiger partial charge >= 0.3 is 5.97 Å². The van der Waals surface area contributed by atoms with E-state index in [-0.39, 0.29) is 12.2 Å². The molecule has 0 unspecified atom stereocenters. The van der Waals surface area contributed by atoms with Crippen molar-refractivity contribution >= 4 is 23.3 Å². The Morgan fingerprint density at radius 1 is 1.44 bits per heavy atom. The largest absolute Gasteiger partial charge is 0.481 e. The van der Waals surface area contributed by atoms with Gasteiger partial charge in [-0.1, -0.05) is 11.6 Å². The lowest BCUT2D eigenvalue weighted by molar-refractivity contribution is -0.137. The van der Waals surface area contributed by atoms with E-state index in [1.165, 1.54) is 18.2 Å². The molecular weight excluding hydrogens is 233 g/mol. The third kappa shape index (κ3) is 4.49. The molecule has 2 N–H and O–H groups in total. The number of carbonyl (C=O) groups is 1. The maximum Gasteiger partial charge on any atom is 0.303 e. The van der Waals surface area contributed by atoms with Crippen LogP contribution in [-0.2, 0) is 4.79 Å². The van der Waals surface area contributed by atoms with Crippen LogP contribution in [0.2, 0.25) is 5.02 Å². The lowest BCUT2D eigenvalue weighted by atomic mass is 10.2. The van der Waals surface area contributed by atoms with Gasteiger partial charge in [0.1, 0.15) is 5.82 Å². The summed E-state index contributed by atoms with van der Waals surface area (Å²) in [6.07, 6.45) is 1.39. The number of carboxylic acids is 1. The SMILES string of the molecule is O=C(O)CCCCNc1cc(Cl)ccc1F. The van der Waals surface area contributed by atoms with Gasteiger partial charge in [0.05, 0.1) is 5.69 Å². The topological polar surface area (TPSA) is 49.3 Å². The van der Waals surface area contributed by atoms with Gasteiger partial charge in [-0.15, -0.1) is 0 Å². The molecule has 0 aliphatic carbocycles. The van der Waals surface area contributed by atoms with E-state index in [4.69, 9.17) is 16.7 Å². The van der Waals surface area contributed by atoms with Crippen molar-refractivity contribution in [3.8, 4) is 0 Å². The predicted octanol–water partition coefficient (Wildman–Crippen LogP) is 3.15. The monoisotopic (exact) mass is 245 g/mol. The van der Waals surface area contributed by atoms with Crippen molar-refractivity contribution in [3.63, 3.8) is 0 Å². The zero-order valence-electron chi connectivity index (χ0n) is 8.67. The zero-order chi connectivity index (χ0) is 12.0. The summed E-state index contributed by atoms with van der Waals surface area (Å²) in [5.74, 6) is -1.17. The van der Waals surface area contributed by atoms with Crippen molar-refractivity contribution in [2.75, 3.05) is 11.9 Å². The Morgan fingerprint density at radius 3 is 2.88 bits per heavy atom. The first-order chi connectivity index (χ1) is 7.59. The maximum absolute atomic E-state index is 13.2. The van der Waals surface area contributed by atoms with Gasteiger partial charge in [-0.05, 0) is 31.0 Å². The number of anilines is 1. The Balaban J connectivity index is 2.31. The van der Waals surface area contributed by atoms with E-state index in [0.29, 0.717) is 30.1 Å². The van der Waals surface area contributed by atoms with Crippen LogP contribution in [0.4, 0.5) is 10.1 Å². The lowest BCUT2D eigenvalue weighted by Gasteiger charge is -2.07. The van der Waals surface area contributed by atoms with Gasteiger partial charge in [-0.2, -0.15) is 0 Å². The van der Waals surface area contributed by atoms with Gasteiger partial charge in [0, 0.05) is 18.0 Å². The molecular formula is C11H13ClFNO2. The standard InChI is InChI=1S/C11H13ClFNO2/c12-8-4-5-9(13)10(7-8)14-6-2-1-3-11(15)16/h4-5,7,14H,1-3,6H2,(H,15,16). The Bertz CT molecular complexity index is 371. The van der Waals surface area contributed by atoms with Crippen molar-refractivity contribution in [3.05, 3.63) is 29.0 Å². The summed E-state index contributed by atoms with van der Waals surface area (Å²) < 4.78 is 13.2. The molecule has 0 fully saturated rings. The highest BCUT2D eigenvalue weighted by molar-refractivity contribution is 6.30. The Labute approximate surface area is 98.2 Å². The molecule has 1 aromatic rings. The third-order valence-electron chi connectivity index (χ3n) is 2.06. The number of carboxylic acid groups (broad SMARTS) is 1. The van der Waals surface area contributed by atoms with Gasteiger partial charge < -0.3 is 10.4 Å². The fraction of sp³-hybridized carbons (Fsp3) is 0.364. The molecule has 0 saturated carbocycles. The first kappa shape index (κ1) is 12.8. The van der Waals surface area contributed by atoms with E-state index < -0.39 is 5.97 Å². The second kappa shape index (κ2) is 6.33. The number of halogens is 2. The Hall–Kier alpha value is -1.29. The fourth-order valence-corrected chi connectivity index (χ4v) is 1.43. The molecule has 0 heterocycles. The van der Waals surface area contributed by atoms with Crippen molar-refractivity contribution in [1.82, 2.24) is 0 Å². The first-order valence-electron chi connectivity index (χ1n) is 5.00. The number of benzene rings is 1. The maximum atomic E-state index is 13.2. The average Bonchev–Trinajstić information content (AvgIpc) is 2.22. The van der Waals surface area contributed by atoms with Gasteiger partial charge in [0.25, 0.3) is 0 Å². The molecule has 3 nitrogen and oxygen atoms in total. The Morgan fingerprint density at radius 2 is 2.19 bits per heavy atom. The number of aliphatic carboxylic acids is 1. The van der Waals surface area contributed by atoms with Crippen molar-refractivity contribution < 1.29 is 14.3 Å². The summed E-state index contributed by atoms with van der Waals surface area (Å²) in [5, 5.41) is 11.8. The van der Waals surface area contributed by atoms with Gasteiger partial charge in [-0.3, -0.25) is 4.79 Å². The van der Waals surface area contributed by atoms with Crippen LogP contribution < -0.4 is 5.32 Å². The second-order valence-corrected chi connectivity index (χ2v) is 3.84. The van der Waals surface area contributed by atoms with Gasteiger partial charge in [-0.25, -0.2) is 4.39 Å². The van der Waals surface area contributed by atoms with Crippen LogP contribution in [0.15, 0.2) is 18.2 Å². The summed E-state index contributed by atoms with van der Waals surface area (Å²) in [5.41, 5.74) is 0.350. The molecule has 16 heavy (non-hydrogen) atoms. The summed E-state index contributed by atoms with van der Waals surface area (Å²) in [6.45, 7) is 0.532. The summed E-state index contributed by atoms with van der Waals surface area (Å²) in [7, 11) is 0. The molecule has 0 atom stereocenters. The molecule has 0 aliphatic rings. The van der Waals surface area contributed by atoms with Gasteiger partial charge in [0.2, 0.25) is 0 Å². The summed E-state index contributed by atoms with van der Waals surface area (Å²) in [4.78, 5) is 10.2. The highest BCUT2D eigenvalue weighted by Gasteiger charge is 2.02. The first-order valence-corrected chi connectivity index (χ1v) is 5.38. The highest BCUT2D eigenvalue weighted by atomic mass is 35.5. The molecule has 1 aromatic carbocycles. The van der Waals surface area contributed by atoms with Crippen molar-refractivity contribution in [1.29, 1.82) is 0 Å². The van der Waals surface area contributed by atoms with Crippen molar-refractivity contribution in [2.45, 2.75) is 19.3 Å². The number of unbranched alkanes of at least 4 members (excludes halogenated alkanes) is 1. The van der Waals surface area contributed by atoms with E-state index in [2.05, 4.69) is 5.32 Å². The van der Waals surface area contributed by atoms with E-state index in [1.807, 2.05) is 0 Å². The number of nitrogens with one attached hydrogen (secondary N) is 1. The molecule has 0 aromatic heterocycles. The highest BCUT2D eigenvalue weighted by Crippen LogP contribution is 2.19. The van der Waals surface area contributed by atoms with E-state index in [1.54, 1.807) is 0 Å². The minimum absolute atomic E-state index is 0.139. The minimum Gasteiger partial charge on any atom is -0.481 e. The molecule has 0 aliphatic heterocycles. The van der Waals surface area contributed by atoms with E-state index in [0.717, 1.165) is 0 Å². The third-order valence-corrected chi connectivity index (χ3v) is 2.30. The van der Waals surface area contributed by atoms with Gasteiger partial charge in [0.15, 0.2) is 0 Å². The quantitative estimate of drug-likeness (QED) is 0.757. The molecule has 0 bridgehead atoms. The minimum atomic E-state index is -0.811. The van der Waals surface area contributed by atoms with Crippen molar-refractivity contribution in [2.24, 2.45) is 0 Å². The summed E-state index contributed by atoms with van der Waals surface area (Å²) in [6, 6.07) is 4.28. The molecule has 0 spiro atoms. The molecule has 88 valence electrons. The molecule has 5 heteroatoms. The molecule has 1 rings (SSSR count). The normalized spacial score (nSPS) is 10.1. The smallest absolute Gasteiger partial charge is 0.303 e. The van der Waals surface area contributed by atoms with E-state index >= 15 is 0 Å². The number of hydrogen-bond donors (Lipinski definition) is 2. The van der Waals surface area contributed by atoms with Crippen LogP contribution in [0.3, 0.4) is 0 Å². The molecule has 0 saturated heterocycles. The van der Waals surface area contributed by atoms with Crippen LogP contribution in [0.1, 0.15) is 19.3 Å². The molecule has 0 amide bonds. The zero-order valence-corrected chi connectivity index (χ0v) is 9.43. The van der Waals surface area contributed by atoms with Crippen LogP contribution >= 0.6 is 11.6 Å². The second-order valence-electron chi connectivity index (χ2n) is 3.40. The number of hydrogen-bond acceptors (Lipinski definition) is 2. The Kier molecular flexibility index (Phi) is 5.05. The molecule has 0 radical (unpaired) electrons. The number of rotatable bonds is 6. The average molecular weight is 246 g/mol. The predicted molar refractivity (Wildman–Crippen MR) is 61.4 cm³/mol. The summed E-state index contributed by atoms with van der Waals surface area (Å²) >= 11 is 5.71. The van der Waals surface area contributed by atoms with Crippen LogP contribution in [0, 0.1) is 5.82 Å². The van der Waals surface area contributed by atoms with Crippen LogP contribution in [0.25, 0.3) is 0 Å². The van der Waals surface area contributed by atoms with Crippen LogP contribution in [-0.4, -0.2) is 17.6 Å². The van der Waals surface area contributed by atoms with E-state index in [9.17, 15) is 9.18 Å². The lowest BCUT2D eigenvalue weighted by Crippen LogP contribution is -2.04.